The van der Waals surface area contributed by atoms with Crippen LogP contribution < -0.4 is 10.1 Å². The maximum atomic E-state index is 12.4. The molecule has 21 heavy (non-hydrogen) atoms. The summed E-state index contributed by atoms with van der Waals surface area (Å²) in [5.74, 6) is 0.723. The number of amides is 1. The van der Waals surface area contributed by atoms with Gasteiger partial charge in [0.1, 0.15) is 17.8 Å². The smallest absolute Gasteiger partial charge is 0.274 e. The Morgan fingerprint density at radius 1 is 1.29 bits per heavy atom. The molecule has 1 aliphatic heterocycles. The van der Waals surface area contributed by atoms with E-state index in [-0.39, 0.29) is 5.91 Å². The summed E-state index contributed by atoms with van der Waals surface area (Å²) in [7, 11) is 1.63. The minimum atomic E-state index is -0.0230. The number of nitrogens with zero attached hydrogens (tertiary/aromatic N) is 3. The molecule has 110 valence electrons. The van der Waals surface area contributed by atoms with Crippen LogP contribution in [0.1, 0.15) is 10.5 Å². The van der Waals surface area contributed by atoms with Crippen molar-refractivity contribution in [1.29, 1.82) is 0 Å². The molecule has 0 atom stereocenters. The zero-order valence-corrected chi connectivity index (χ0v) is 12.0. The van der Waals surface area contributed by atoms with E-state index in [9.17, 15) is 4.79 Å². The molecule has 0 radical (unpaired) electrons. The van der Waals surface area contributed by atoms with Gasteiger partial charge in [-0.1, -0.05) is 12.1 Å². The summed E-state index contributed by atoms with van der Waals surface area (Å²) in [6.07, 6.45) is 3.40. The second kappa shape index (κ2) is 5.97. The highest BCUT2D eigenvalue weighted by Crippen LogP contribution is 2.22. The summed E-state index contributed by atoms with van der Waals surface area (Å²) < 4.78 is 7.15. The quantitative estimate of drug-likeness (QED) is 0.912. The van der Waals surface area contributed by atoms with Crippen LogP contribution in [0.5, 0.6) is 5.75 Å². The van der Waals surface area contributed by atoms with Gasteiger partial charge in [-0.3, -0.25) is 4.79 Å². The molecule has 1 amide bonds. The molecule has 0 unspecified atom stereocenters. The maximum Gasteiger partial charge on any atom is 0.274 e. The standard InChI is InChI=1S/C15H18N4O2/c1-21-14-5-3-2-4-13(14)19-10-12(17-11-19)15(20)18-8-6-16-7-9-18/h2-5,10-11,16H,6-9H2,1H3. The van der Waals surface area contributed by atoms with E-state index in [1.54, 1.807) is 19.6 Å². The minimum absolute atomic E-state index is 0.0230. The van der Waals surface area contributed by atoms with Crippen LogP contribution in [0.3, 0.4) is 0 Å². The number of hydrogen-bond donors (Lipinski definition) is 1. The van der Waals surface area contributed by atoms with Crippen LogP contribution >= 0.6 is 0 Å². The van der Waals surface area contributed by atoms with Gasteiger partial charge in [0, 0.05) is 32.4 Å². The van der Waals surface area contributed by atoms with Crippen molar-refractivity contribution in [2.75, 3.05) is 33.3 Å². The largest absolute Gasteiger partial charge is 0.495 e. The van der Waals surface area contributed by atoms with E-state index in [0.29, 0.717) is 5.69 Å². The Morgan fingerprint density at radius 3 is 2.81 bits per heavy atom. The molecular weight excluding hydrogens is 268 g/mol. The summed E-state index contributed by atoms with van der Waals surface area (Å²) in [5, 5.41) is 3.23. The molecule has 1 N–H and O–H groups in total. The monoisotopic (exact) mass is 286 g/mol. The van der Waals surface area contributed by atoms with Gasteiger partial charge in [0.15, 0.2) is 0 Å². The Morgan fingerprint density at radius 2 is 2.05 bits per heavy atom. The van der Waals surface area contributed by atoms with Gasteiger partial charge in [0.2, 0.25) is 0 Å². The van der Waals surface area contributed by atoms with Crippen molar-refractivity contribution in [2.24, 2.45) is 0 Å². The van der Waals surface area contributed by atoms with E-state index in [2.05, 4.69) is 10.3 Å². The number of nitrogens with one attached hydrogen (secondary N) is 1. The molecule has 6 heteroatoms. The van der Waals surface area contributed by atoms with E-state index in [4.69, 9.17) is 4.74 Å². The van der Waals surface area contributed by atoms with E-state index in [0.717, 1.165) is 37.6 Å². The summed E-state index contributed by atoms with van der Waals surface area (Å²) in [6, 6.07) is 7.65. The van der Waals surface area contributed by atoms with Crippen molar-refractivity contribution in [1.82, 2.24) is 19.8 Å². The predicted octanol–water partition coefficient (Wildman–Crippen LogP) is 0.926. The predicted molar refractivity (Wildman–Crippen MR) is 78.9 cm³/mol. The second-order valence-electron chi connectivity index (χ2n) is 4.88. The third kappa shape index (κ3) is 2.75. The Kier molecular flexibility index (Phi) is 3.87. The molecule has 0 aliphatic carbocycles. The number of carbonyl (C=O) groups is 1. The fourth-order valence-electron chi connectivity index (χ4n) is 2.44. The Labute approximate surface area is 123 Å². The first kappa shape index (κ1) is 13.6. The van der Waals surface area contributed by atoms with Crippen molar-refractivity contribution in [2.45, 2.75) is 0 Å². The van der Waals surface area contributed by atoms with Gasteiger partial charge in [-0.15, -0.1) is 0 Å². The molecule has 0 saturated carbocycles. The van der Waals surface area contributed by atoms with E-state index >= 15 is 0 Å². The van der Waals surface area contributed by atoms with Crippen LogP contribution in [-0.4, -0.2) is 53.6 Å². The molecule has 0 spiro atoms. The Hall–Kier alpha value is -2.34. The lowest BCUT2D eigenvalue weighted by Gasteiger charge is -2.26. The number of methoxy groups -OCH3 is 1. The van der Waals surface area contributed by atoms with Gasteiger partial charge in [-0.25, -0.2) is 4.98 Å². The van der Waals surface area contributed by atoms with Crippen LogP contribution in [0.25, 0.3) is 5.69 Å². The van der Waals surface area contributed by atoms with Gasteiger partial charge < -0.3 is 19.5 Å². The average Bonchev–Trinajstić information content (AvgIpc) is 3.04. The molecule has 3 rings (SSSR count). The number of carbonyl (C=O) groups excluding carboxylic acids is 1. The summed E-state index contributed by atoms with van der Waals surface area (Å²) in [5.41, 5.74) is 1.33. The Balaban J connectivity index is 1.84. The highest BCUT2D eigenvalue weighted by molar-refractivity contribution is 5.92. The molecule has 6 nitrogen and oxygen atoms in total. The van der Waals surface area contributed by atoms with E-state index in [1.165, 1.54) is 0 Å². The molecule has 2 heterocycles. The van der Waals surface area contributed by atoms with Gasteiger partial charge in [0.05, 0.1) is 12.8 Å². The average molecular weight is 286 g/mol. The maximum absolute atomic E-state index is 12.4. The number of para-hydroxylation sites is 2. The van der Waals surface area contributed by atoms with Crippen molar-refractivity contribution in [3.63, 3.8) is 0 Å². The molecular formula is C15H18N4O2. The van der Waals surface area contributed by atoms with Crippen LogP contribution in [0.4, 0.5) is 0 Å². The number of benzene rings is 1. The SMILES string of the molecule is COc1ccccc1-n1cnc(C(=O)N2CCNCC2)c1. The number of imidazole rings is 1. The van der Waals surface area contributed by atoms with Crippen molar-refractivity contribution in [3.05, 3.63) is 42.5 Å². The van der Waals surface area contributed by atoms with Crippen LogP contribution in [-0.2, 0) is 0 Å². The first-order valence-electron chi connectivity index (χ1n) is 6.97. The van der Waals surface area contributed by atoms with Crippen LogP contribution in [0.15, 0.2) is 36.8 Å². The third-order valence-corrected chi connectivity index (χ3v) is 3.57. The van der Waals surface area contributed by atoms with Crippen molar-refractivity contribution >= 4 is 5.91 Å². The fourth-order valence-corrected chi connectivity index (χ4v) is 2.44. The summed E-state index contributed by atoms with van der Waals surface area (Å²) >= 11 is 0. The normalized spacial score (nSPS) is 15.0. The zero-order chi connectivity index (χ0) is 14.7. The molecule has 1 aliphatic rings. The van der Waals surface area contributed by atoms with Gasteiger partial charge in [-0.2, -0.15) is 0 Å². The molecule has 1 saturated heterocycles. The van der Waals surface area contributed by atoms with Crippen LogP contribution in [0.2, 0.25) is 0 Å². The molecule has 1 fully saturated rings. The lowest BCUT2D eigenvalue weighted by Crippen LogP contribution is -2.46. The Bertz CT molecular complexity index is 632. The molecule has 2 aromatic rings. The van der Waals surface area contributed by atoms with E-state index < -0.39 is 0 Å². The number of hydrogen-bond acceptors (Lipinski definition) is 4. The molecule has 0 bridgehead atoms. The van der Waals surface area contributed by atoms with E-state index in [1.807, 2.05) is 33.7 Å². The number of aromatic nitrogens is 2. The topological polar surface area (TPSA) is 59.4 Å². The lowest BCUT2D eigenvalue weighted by atomic mass is 10.3. The van der Waals surface area contributed by atoms with Gasteiger partial charge >= 0.3 is 0 Å². The highest BCUT2D eigenvalue weighted by atomic mass is 16.5. The zero-order valence-electron chi connectivity index (χ0n) is 12.0. The van der Waals surface area contributed by atoms with Crippen molar-refractivity contribution < 1.29 is 9.53 Å². The summed E-state index contributed by atoms with van der Waals surface area (Å²) in [6.45, 7) is 3.11. The van der Waals surface area contributed by atoms with Crippen LogP contribution in [0, 0.1) is 0 Å². The first-order chi connectivity index (χ1) is 10.3. The first-order valence-corrected chi connectivity index (χ1v) is 6.97. The second-order valence-corrected chi connectivity index (χ2v) is 4.88. The van der Waals surface area contributed by atoms with Gasteiger partial charge in [0.25, 0.3) is 5.91 Å². The number of rotatable bonds is 3. The highest BCUT2D eigenvalue weighted by Gasteiger charge is 2.20. The number of ether oxygens (including phenoxy) is 1. The van der Waals surface area contributed by atoms with Gasteiger partial charge in [-0.05, 0) is 12.1 Å². The number of piperazine rings is 1. The third-order valence-electron chi connectivity index (χ3n) is 3.57. The lowest BCUT2D eigenvalue weighted by molar-refractivity contribution is 0.0730. The minimum Gasteiger partial charge on any atom is -0.495 e. The molecule has 1 aromatic heterocycles. The molecule has 1 aromatic carbocycles. The summed E-state index contributed by atoms with van der Waals surface area (Å²) in [4.78, 5) is 18.5. The fraction of sp³-hybridized carbons (Fsp3) is 0.333. The van der Waals surface area contributed by atoms with Crippen molar-refractivity contribution in [3.8, 4) is 11.4 Å².